The number of fused-ring (bicyclic) bond motifs is 5. The van der Waals surface area contributed by atoms with Crippen LogP contribution in [-0.4, -0.2) is 10.9 Å². The van der Waals surface area contributed by atoms with Crippen LogP contribution in [0, 0.1) is 17.3 Å². The van der Waals surface area contributed by atoms with Crippen molar-refractivity contribution in [1.29, 1.82) is 0 Å². The zero-order chi connectivity index (χ0) is 17.3. The third-order valence-electron chi connectivity index (χ3n) is 7.36. The summed E-state index contributed by atoms with van der Waals surface area (Å²) < 4.78 is 0. The molecule has 0 heterocycles. The van der Waals surface area contributed by atoms with Crippen LogP contribution < -0.4 is 0 Å². The van der Waals surface area contributed by atoms with Crippen molar-refractivity contribution in [2.45, 2.75) is 77.6 Å². The summed E-state index contributed by atoms with van der Waals surface area (Å²) in [6.07, 6.45) is 6.29. The second-order valence-electron chi connectivity index (χ2n) is 9.65. The van der Waals surface area contributed by atoms with E-state index >= 15 is 0 Å². The highest BCUT2D eigenvalue weighted by Gasteiger charge is 2.54. The number of aromatic hydroxyl groups is 1. The largest absolute Gasteiger partial charge is 0.508 e. The normalized spacial score (nSPS) is 35.3. The summed E-state index contributed by atoms with van der Waals surface area (Å²) in [5.41, 5.74) is 3.78. The number of carbonyl (C=O) groups is 1. The topological polar surface area (TPSA) is 37.3 Å². The molecule has 2 heteroatoms. The molecule has 1 aromatic rings. The van der Waals surface area contributed by atoms with Crippen LogP contribution in [0.2, 0.25) is 0 Å². The van der Waals surface area contributed by atoms with Gasteiger partial charge in [-0.1, -0.05) is 33.8 Å². The van der Waals surface area contributed by atoms with Crippen molar-refractivity contribution in [2.24, 2.45) is 17.3 Å². The maximum Gasteiger partial charge on any atom is 0.139 e. The molecular formula is C22H30O2. The quantitative estimate of drug-likeness (QED) is 0.719. The van der Waals surface area contributed by atoms with E-state index in [1.165, 1.54) is 17.5 Å². The molecule has 2 saturated carbocycles. The molecule has 0 radical (unpaired) electrons. The Balaban J connectivity index is 1.76. The van der Waals surface area contributed by atoms with Gasteiger partial charge in [0, 0.05) is 11.8 Å². The first-order valence-electron chi connectivity index (χ1n) is 9.61. The Morgan fingerprint density at radius 3 is 2.58 bits per heavy atom. The van der Waals surface area contributed by atoms with E-state index in [0.29, 0.717) is 29.3 Å². The van der Waals surface area contributed by atoms with Gasteiger partial charge in [-0.15, -0.1) is 0 Å². The Bertz CT molecular complexity index is 697. The van der Waals surface area contributed by atoms with Crippen LogP contribution in [0.25, 0.3) is 0 Å². The molecule has 1 N–H and O–H groups in total. The van der Waals surface area contributed by atoms with Gasteiger partial charge in [0.2, 0.25) is 0 Å². The molecule has 24 heavy (non-hydrogen) atoms. The number of ketones is 1. The van der Waals surface area contributed by atoms with E-state index in [1.807, 2.05) is 6.07 Å². The number of carbonyl (C=O) groups excluding carboxylic acids is 1. The van der Waals surface area contributed by atoms with E-state index in [-0.39, 0.29) is 10.8 Å². The van der Waals surface area contributed by atoms with E-state index in [9.17, 15) is 9.90 Å². The molecule has 0 saturated heterocycles. The number of hydrogen-bond acceptors (Lipinski definition) is 2. The van der Waals surface area contributed by atoms with Crippen LogP contribution in [-0.2, 0) is 16.6 Å². The number of phenols is 1. The SMILES string of the molecule is CC(C)(C)c1cc2c(cc1O)CC[C@H]1[C@@H]2CC[C@]2(C)C(=O)CC[C@@H]12. The molecular weight excluding hydrogens is 296 g/mol. The summed E-state index contributed by atoms with van der Waals surface area (Å²) in [5, 5.41) is 10.5. The van der Waals surface area contributed by atoms with Gasteiger partial charge in [-0.25, -0.2) is 0 Å². The summed E-state index contributed by atoms with van der Waals surface area (Å²) in [5.74, 6) is 2.78. The molecule has 0 bridgehead atoms. The third kappa shape index (κ3) is 2.18. The molecule has 0 aliphatic heterocycles. The highest BCUT2D eigenvalue weighted by molar-refractivity contribution is 5.87. The first-order valence-corrected chi connectivity index (χ1v) is 9.61. The summed E-state index contributed by atoms with van der Waals surface area (Å²) in [7, 11) is 0. The van der Waals surface area contributed by atoms with Gasteiger partial charge in [-0.05, 0) is 78.0 Å². The highest BCUT2D eigenvalue weighted by atomic mass is 16.3. The van der Waals surface area contributed by atoms with Crippen molar-refractivity contribution in [1.82, 2.24) is 0 Å². The van der Waals surface area contributed by atoms with Crippen LogP contribution in [0.3, 0.4) is 0 Å². The zero-order valence-corrected chi connectivity index (χ0v) is 15.5. The second-order valence-corrected chi connectivity index (χ2v) is 9.65. The maximum atomic E-state index is 12.4. The average Bonchev–Trinajstić information content (AvgIpc) is 2.81. The van der Waals surface area contributed by atoms with Gasteiger partial charge in [0.1, 0.15) is 11.5 Å². The van der Waals surface area contributed by atoms with Crippen molar-refractivity contribution < 1.29 is 9.90 Å². The van der Waals surface area contributed by atoms with Gasteiger partial charge >= 0.3 is 0 Å². The lowest BCUT2D eigenvalue weighted by molar-refractivity contribution is -0.129. The lowest BCUT2D eigenvalue weighted by atomic mass is 9.55. The summed E-state index contributed by atoms with van der Waals surface area (Å²) >= 11 is 0. The molecule has 0 spiro atoms. The Morgan fingerprint density at radius 2 is 1.88 bits per heavy atom. The van der Waals surface area contributed by atoms with Crippen LogP contribution in [0.5, 0.6) is 5.75 Å². The van der Waals surface area contributed by atoms with E-state index in [0.717, 1.165) is 37.7 Å². The Kier molecular flexibility index (Phi) is 3.43. The third-order valence-corrected chi connectivity index (χ3v) is 7.36. The minimum Gasteiger partial charge on any atom is -0.508 e. The lowest BCUT2D eigenvalue weighted by Gasteiger charge is -2.48. The Morgan fingerprint density at radius 1 is 1.12 bits per heavy atom. The van der Waals surface area contributed by atoms with Crippen LogP contribution in [0.15, 0.2) is 12.1 Å². The highest BCUT2D eigenvalue weighted by Crippen LogP contribution is 2.60. The van der Waals surface area contributed by atoms with Crippen molar-refractivity contribution in [2.75, 3.05) is 0 Å². The fraction of sp³-hybridized carbons (Fsp3) is 0.682. The molecule has 3 aliphatic carbocycles. The van der Waals surface area contributed by atoms with Gasteiger partial charge in [-0.2, -0.15) is 0 Å². The summed E-state index contributed by atoms with van der Waals surface area (Å²) in [6.45, 7) is 8.74. The average molecular weight is 326 g/mol. The minimum absolute atomic E-state index is 0.0431. The minimum atomic E-state index is -0.0531. The molecule has 0 aromatic heterocycles. The zero-order valence-electron chi connectivity index (χ0n) is 15.5. The van der Waals surface area contributed by atoms with Crippen molar-refractivity contribution in [3.8, 4) is 5.75 Å². The molecule has 2 nitrogen and oxygen atoms in total. The second kappa shape index (κ2) is 5.09. The number of rotatable bonds is 0. The van der Waals surface area contributed by atoms with Gasteiger partial charge < -0.3 is 5.11 Å². The molecule has 2 fully saturated rings. The molecule has 4 rings (SSSR count). The van der Waals surface area contributed by atoms with E-state index in [1.54, 1.807) is 0 Å². The van der Waals surface area contributed by atoms with Crippen LogP contribution >= 0.6 is 0 Å². The first-order chi connectivity index (χ1) is 11.2. The number of phenolic OH excluding ortho intramolecular Hbond substituents is 1. The Labute approximate surface area is 145 Å². The fourth-order valence-corrected chi connectivity index (χ4v) is 5.98. The number of hydrogen-bond donors (Lipinski definition) is 1. The molecule has 130 valence electrons. The number of Topliss-reactive ketones (excluding diaryl/α,β-unsaturated/α-hetero) is 1. The number of aryl methyl sites for hydroxylation is 1. The van der Waals surface area contributed by atoms with E-state index < -0.39 is 0 Å². The lowest BCUT2D eigenvalue weighted by Crippen LogP contribution is -2.42. The van der Waals surface area contributed by atoms with Crippen molar-refractivity contribution in [3.63, 3.8) is 0 Å². The number of benzene rings is 1. The molecule has 0 amide bonds. The molecule has 1 aromatic carbocycles. The standard InChI is InChI=1S/C22H30O2/c1-21(2,3)18-12-16-13(11-19(18)23)5-6-15-14(16)9-10-22(4)17(15)7-8-20(22)24/h11-12,14-15,17,23H,5-10H2,1-4H3/t14-,15-,17-,22-/m0/s1. The van der Waals surface area contributed by atoms with Gasteiger partial charge in [0.15, 0.2) is 0 Å². The first kappa shape index (κ1) is 16.2. The predicted octanol–water partition coefficient (Wildman–Crippen LogP) is 5.11. The predicted molar refractivity (Wildman–Crippen MR) is 96.4 cm³/mol. The molecule has 3 aliphatic rings. The van der Waals surface area contributed by atoms with E-state index in [4.69, 9.17) is 0 Å². The van der Waals surface area contributed by atoms with E-state index in [2.05, 4.69) is 33.8 Å². The fourth-order valence-electron chi connectivity index (χ4n) is 5.98. The van der Waals surface area contributed by atoms with Gasteiger partial charge in [0.25, 0.3) is 0 Å². The van der Waals surface area contributed by atoms with Crippen molar-refractivity contribution in [3.05, 3.63) is 28.8 Å². The molecule has 0 unspecified atom stereocenters. The van der Waals surface area contributed by atoms with Crippen LogP contribution in [0.1, 0.15) is 82.4 Å². The Hall–Kier alpha value is -1.31. The van der Waals surface area contributed by atoms with Gasteiger partial charge in [0.05, 0.1) is 0 Å². The van der Waals surface area contributed by atoms with Crippen LogP contribution in [0.4, 0.5) is 0 Å². The smallest absolute Gasteiger partial charge is 0.139 e. The maximum absolute atomic E-state index is 12.4. The molecule has 4 atom stereocenters. The monoisotopic (exact) mass is 326 g/mol. The van der Waals surface area contributed by atoms with Crippen molar-refractivity contribution >= 4 is 5.78 Å². The van der Waals surface area contributed by atoms with Gasteiger partial charge in [-0.3, -0.25) is 4.79 Å². The summed E-state index contributed by atoms with van der Waals surface area (Å²) in [6, 6.07) is 4.32. The summed E-state index contributed by atoms with van der Waals surface area (Å²) in [4.78, 5) is 12.4.